The summed E-state index contributed by atoms with van der Waals surface area (Å²) in [7, 11) is 1.65. The van der Waals surface area contributed by atoms with E-state index in [0.29, 0.717) is 11.3 Å². The summed E-state index contributed by atoms with van der Waals surface area (Å²) in [5, 5.41) is 8.40. The van der Waals surface area contributed by atoms with Crippen molar-refractivity contribution in [3.8, 4) is 0 Å². The Hall–Kier alpha value is -3.43. The maximum Gasteiger partial charge on any atom is 0.433 e. The van der Waals surface area contributed by atoms with Crippen molar-refractivity contribution in [1.82, 2.24) is 20.2 Å². The molecule has 0 saturated carbocycles. The molecule has 10 heteroatoms. The van der Waals surface area contributed by atoms with E-state index in [2.05, 4.69) is 15.4 Å². The summed E-state index contributed by atoms with van der Waals surface area (Å²) in [6.45, 7) is 5.19. The number of amides is 3. The minimum atomic E-state index is -4.53. The van der Waals surface area contributed by atoms with Crippen LogP contribution in [0.25, 0.3) is 0 Å². The van der Waals surface area contributed by atoms with Crippen LogP contribution in [-0.2, 0) is 11.0 Å². The largest absolute Gasteiger partial charge is 0.433 e. The van der Waals surface area contributed by atoms with Crippen LogP contribution >= 0.6 is 0 Å². The number of aromatic nitrogens is 1. The van der Waals surface area contributed by atoms with Crippen LogP contribution in [0, 0.1) is 6.92 Å². The first-order valence-electron chi connectivity index (χ1n) is 9.97. The molecule has 3 rings (SSSR count). The molecule has 7 nitrogen and oxygen atoms in total. The van der Waals surface area contributed by atoms with E-state index in [1.165, 1.54) is 22.9 Å². The van der Waals surface area contributed by atoms with Crippen molar-refractivity contribution in [3.63, 3.8) is 0 Å². The quantitative estimate of drug-likeness (QED) is 0.776. The number of nitrogens with one attached hydrogen (secondary N) is 1. The first-order chi connectivity index (χ1) is 15.0. The number of aryl methyl sites for hydroxylation is 1. The molecule has 170 valence electrons. The molecule has 3 amide bonds. The van der Waals surface area contributed by atoms with Gasteiger partial charge >= 0.3 is 12.2 Å². The number of urea groups is 1. The predicted molar refractivity (Wildman–Crippen MR) is 113 cm³/mol. The van der Waals surface area contributed by atoms with Crippen LogP contribution in [0.2, 0.25) is 0 Å². The van der Waals surface area contributed by atoms with Crippen molar-refractivity contribution in [2.24, 2.45) is 5.10 Å². The zero-order valence-corrected chi connectivity index (χ0v) is 18.1. The van der Waals surface area contributed by atoms with Gasteiger partial charge in [0.1, 0.15) is 5.69 Å². The maximum absolute atomic E-state index is 12.8. The Balaban J connectivity index is 1.78. The van der Waals surface area contributed by atoms with Gasteiger partial charge in [-0.15, -0.1) is 0 Å². The van der Waals surface area contributed by atoms with Gasteiger partial charge < -0.3 is 10.2 Å². The molecule has 1 aliphatic heterocycles. The van der Waals surface area contributed by atoms with E-state index in [-0.39, 0.29) is 12.5 Å². The third-order valence-corrected chi connectivity index (χ3v) is 5.35. The Morgan fingerprint density at radius 1 is 1.19 bits per heavy atom. The fourth-order valence-electron chi connectivity index (χ4n) is 3.29. The highest BCUT2D eigenvalue weighted by atomic mass is 19.4. The van der Waals surface area contributed by atoms with Gasteiger partial charge in [0.25, 0.3) is 0 Å². The second-order valence-electron chi connectivity index (χ2n) is 7.72. The van der Waals surface area contributed by atoms with Crippen molar-refractivity contribution < 1.29 is 22.8 Å². The third kappa shape index (κ3) is 5.06. The molecule has 0 spiro atoms. The Labute approximate surface area is 183 Å². The van der Waals surface area contributed by atoms with E-state index >= 15 is 0 Å². The number of alkyl halides is 3. The van der Waals surface area contributed by atoms with Crippen LogP contribution in [0.5, 0.6) is 0 Å². The molecular weight excluding hydrogens is 423 g/mol. The van der Waals surface area contributed by atoms with Crippen LogP contribution in [0.3, 0.4) is 0 Å². The standard InChI is InChI=1S/C22H24F3N5O2/c1-13-5-7-16(8-6-13)20-18(29(4)15(3)31)12-30(28-20)21(32)27-14(2)17-9-10-19(26-11-17)22(23,24)25/h5-11,14,18H,12H2,1-4H3,(H,27,32)/t14?,18-/m0/s1. The lowest BCUT2D eigenvalue weighted by molar-refractivity contribution is -0.141. The summed E-state index contributed by atoms with van der Waals surface area (Å²) in [4.78, 5) is 29.7. The zero-order valence-electron chi connectivity index (χ0n) is 18.1. The highest BCUT2D eigenvalue weighted by Crippen LogP contribution is 2.28. The summed E-state index contributed by atoms with van der Waals surface area (Å²) in [5.41, 5.74) is 1.87. The van der Waals surface area contributed by atoms with Gasteiger partial charge in [0.05, 0.1) is 24.3 Å². The number of carbonyl (C=O) groups is 2. The minimum Gasteiger partial charge on any atom is -0.335 e. The lowest BCUT2D eigenvalue weighted by Gasteiger charge is -2.25. The third-order valence-electron chi connectivity index (χ3n) is 5.35. The molecule has 1 aliphatic rings. The molecule has 2 aromatic rings. The van der Waals surface area contributed by atoms with Crippen LogP contribution < -0.4 is 5.32 Å². The topological polar surface area (TPSA) is 77.9 Å². The number of halogens is 3. The number of likely N-dealkylation sites (N-methyl/N-ethyl adjacent to an activating group) is 1. The highest BCUT2D eigenvalue weighted by Gasteiger charge is 2.35. The fourth-order valence-corrected chi connectivity index (χ4v) is 3.29. The van der Waals surface area contributed by atoms with Crippen molar-refractivity contribution in [3.05, 3.63) is 65.0 Å². The van der Waals surface area contributed by atoms with E-state index in [0.717, 1.165) is 23.4 Å². The summed E-state index contributed by atoms with van der Waals surface area (Å²) >= 11 is 0. The average Bonchev–Trinajstić information content (AvgIpc) is 3.18. The molecule has 2 atom stereocenters. The van der Waals surface area contributed by atoms with Crippen LogP contribution in [0.4, 0.5) is 18.0 Å². The van der Waals surface area contributed by atoms with Gasteiger partial charge in [0.2, 0.25) is 5.91 Å². The lowest BCUT2D eigenvalue weighted by Crippen LogP contribution is -2.45. The molecule has 1 N–H and O–H groups in total. The van der Waals surface area contributed by atoms with Crippen LogP contribution in [0.1, 0.15) is 42.3 Å². The molecule has 1 unspecified atom stereocenters. The number of hydrogen-bond acceptors (Lipinski definition) is 4. The fraction of sp³-hybridized carbons (Fsp3) is 0.364. The SMILES string of the molecule is CC(=O)N(C)[C@H]1CN(C(=O)NC(C)c2ccc(C(F)(F)F)nc2)N=C1c1ccc(C)cc1. The van der Waals surface area contributed by atoms with Gasteiger partial charge in [0.15, 0.2) is 0 Å². The van der Waals surface area contributed by atoms with Gasteiger partial charge in [0, 0.05) is 20.2 Å². The Morgan fingerprint density at radius 2 is 1.84 bits per heavy atom. The molecular formula is C22H24F3N5O2. The molecule has 1 aromatic heterocycles. The Kier molecular flexibility index (Phi) is 6.52. The maximum atomic E-state index is 12.8. The molecule has 0 radical (unpaired) electrons. The second-order valence-corrected chi connectivity index (χ2v) is 7.72. The highest BCUT2D eigenvalue weighted by molar-refractivity contribution is 6.07. The molecule has 32 heavy (non-hydrogen) atoms. The number of hydrazone groups is 1. The van der Waals surface area contributed by atoms with Gasteiger partial charge in [-0.1, -0.05) is 35.9 Å². The minimum absolute atomic E-state index is 0.156. The molecule has 0 fully saturated rings. The molecule has 1 aromatic carbocycles. The summed E-state index contributed by atoms with van der Waals surface area (Å²) in [6, 6.07) is 8.21. The first-order valence-corrected chi connectivity index (χ1v) is 9.97. The molecule has 0 bridgehead atoms. The van der Waals surface area contributed by atoms with E-state index in [4.69, 9.17) is 0 Å². The van der Waals surface area contributed by atoms with Crippen LogP contribution in [-0.4, -0.2) is 52.2 Å². The average molecular weight is 447 g/mol. The normalized spacial score (nSPS) is 17.0. The van der Waals surface area contributed by atoms with Crippen molar-refractivity contribution >= 4 is 17.6 Å². The van der Waals surface area contributed by atoms with Crippen molar-refractivity contribution in [2.45, 2.75) is 39.0 Å². The molecule has 0 aliphatic carbocycles. The summed E-state index contributed by atoms with van der Waals surface area (Å²) in [5.74, 6) is -0.165. The summed E-state index contributed by atoms with van der Waals surface area (Å²) in [6.07, 6.45) is -3.44. The van der Waals surface area contributed by atoms with E-state index < -0.39 is 30.0 Å². The van der Waals surface area contributed by atoms with Crippen molar-refractivity contribution in [2.75, 3.05) is 13.6 Å². The zero-order chi connectivity index (χ0) is 23.6. The number of benzene rings is 1. The van der Waals surface area contributed by atoms with E-state index in [1.807, 2.05) is 31.2 Å². The van der Waals surface area contributed by atoms with Gasteiger partial charge in [-0.25, -0.2) is 9.80 Å². The van der Waals surface area contributed by atoms with Gasteiger partial charge in [-0.2, -0.15) is 18.3 Å². The number of pyridine rings is 1. The lowest BCUT2D eigenvalue weighted by atomic mass is 10.0. The Bertz CT molecular complexity index is 1020. The first kappa shape index (κ1) is 23.2. The summed E-state index contributed by atoms with van der Waals surface area (Å²) < 4.78 is 38.1. The smallest absolute Gasteiger partial charge is 0.335 e. The van der Waals surface area contributed by atoms with Gasteiger partial charge in [-0.3, -0.25) is 9.78 Å². The monoisotopic (exact) mass is 447 g/mol. The number of hydrogen-bond donors (Lipinski definition) is 1. The Morgan fingerprint density at radius 3 is 2.38 bits per heavy atom. The molecule has 0 saturated heterocycles. The van der Waals surface area contributed by atoms with Crippen molar-refractivity contribution in [1.29, 1.82) is 0 Å². The molecule has 2 heterocycles. The second kappa shape index (κ2) is 8.97. The van der Waals surface area contributed by atoms with E-state index in [9.17, 15) is 22.8 Å². The number of rotatable bonds is 4. The van der Waals surface area contributed by atoms with E-state index in [1.54, 1.807) is 14.0 Å². The van der Waals surface area contributed by atoms with Gasteiger partial charge in [-0.05, 0) is 31.0 Å². The number of nitrogens with zero attached hydrogens (tertiary/aromatic N) is 4. The van der Waals surface area contributed by atoms with Crippen LogP contribution in [0.15, 0.2) is 47.7 Å². The number of carbonyl (C=O) groups excluding carboxylic acids is 2. The predicted octanol–water partition coefficient (Wildman–Crippen LogP) is 3.75.